The van der Waals surface area contributed by atoms with Gasteiger partial charge in [-0.3, -0.25) is 4.79 Å². The molecule has 1 aliphatic carbocycles. The number of phenolic OH excluding ortho intramolecular Hbond substituents is 1. The van der Waals surface area contributed by atoms with Gasteiger partial charge >= 0.3 is 5.70 Å². The molecule has 0 amide bonds. The summed E-state index contributed by atoms with van der Waals surface area (Å²) in [7, 11) is 2.14. The Morgan fingerprint density at radius 1 is 1.29 bits per heavy atom. The molecule has 1 aliphatic heterocycles. The molecular formula is C27H30ClFN3O2+. The number of carbonyl (C=O) groups excluding carboxylic acids is 1. The lowest BCUT2D eigenvalue weighted by atomic mass is 9.94. The summed E-state index contributed by atoms with van der Waals surface area (Å²) < 4.78 is 14.1. The zero-order valence-corrected chi connectivity index (χ0v) is 20.5. The van der Waals surface area contributed by atoms with Gasteiger partial charge in [0.25, 0.3) is 6.07 Å². The molecule has 178 valence electrons. The SMILES string of the molecule is CCN(C)CC1CCC(C#[N+]C2=C(C(C)=O)CNc3ccc(-c4cc(F)c(O)c(Cl)c4)cc32)C1. The Labute approximate surface area is 205 Å². The molecule has 2 aliphatic rings. The lowest BCUT2D eigenvalue weighted by Gasteiger charge is -2.18. The molecular weight excluding hydrogens is 453 g/mol. The third-order valence-electron chi connectivity index (χ3n) is 6.80. The van der Waals surface area contributed by atoms with E-state index in [-0.39, 0.29) is 16.7 Å². The average molecular weight is 483 g/mol. The highest BCUT2D eigenvalue weighted by atomic mass is 35.5. The molecule has 1 heterocycles. The molecule has 0 saturated heterocycles. The Balaban J connectivity index is 1.68. The maximum Gasteiger partial charge on any atom is 0.357 e. The van der Waals surface area contributed by atoms with E-state index >= 15 is 0 Å². The van der Waals surface area contributed by atoms with E-state index in [1.807, 2.05) is 18.2 Å². The average Bonchev–Trinajstić information content (AvgIpc) is 3.26. The quantitative estimate of drug-likeness (QED) is 0.526. The van der Waals surface area contributed by atoms with Gasteiger partial charge < -0.3 is 15.3 Å². The minimum absolute atomic E-state index is 0.0447. The first-order valence-electron chi connectivity index (χ1n) is 11.7. The summed E-state index contributed by atoms with van der Waals surface area (Å²) in [5.74, 6) is -0.489. The van der Waals surface area contributed by atoms with Crippen molar-refractivity contribution in [3.63, 3.8) is 0 Å². The summed E-state index contributed by atoms with van der Waals surface area (Å²) in [5, 5.41) is 12.9. The van der Waals surface area contributed by atoms with Crippen LogP contribution in [0.25, 0.3) is 21.7 Å². The predicted octanol–water partition coefficient (Wildman–Crippen LogP) is 6.28. The molecule has 0 bridgehead atoms. The van der Waals surface area contributed by atoms with E-state index in [9.17, 15) is 14.3 Å². The van der Waals surface area contributed by atoms with Crippen molar-refractivity contribution in [2.75, 3.05) is 32.0 Å². The molecule has 4 rings (SSSR count). The van der Waals surface area contributed by atoms with Gasteiger partial charge in [0.15, 0.2) is 17.3 Å². The standard InChI is InChI=1S/C27H29ClFN3O2/c1-4-32(3)15-18-6-5-17(9-18)13-31-26-21-10-19(20-11-23(28)27(34)24(29)12-20)7-8-25(21)30-14-22(26)16(2)33/h7-8,10-12,17-18H,4-6,9,14-15H2,1-3H3,(H-,30,33,34)/p+1. The van der Waals surface area contributed by atoms with Crippen molar-refractivity contribution in [2.24, 2.45) is 11.8 Å². The van der Waals surface area contributed by atoms with E-state index in [4.69, 9.17) is 16.4 Å². The number of hydrogen-bond donors (Lipinski definition) is 2. The van der Waals surface area contributed by atoms with Crippen LogP contribution in [-0.2, 0) is 4.79 Å². The van der Waals surface area contributed by atoms with Gasteiger partial charge in [-0.2, -0.15) is 0 Å². The summed E-state index contributed by atoms with van der Waals surface area (Å²) >= 11 is 5.99. The molecule has 5 nitrogen and oxygen atoms in total. The number of hydrogen-bond acceptors (Lipinski definition) is 4. The first-order valence-corrected chi connectivity index (χ1v) is 12.1. The van der Waals surface area contributed by atoms with Gasteiger partial charge in [-0.25, -0.2) is 4.39 Å². The number of fused-ring (bicyclic) bond motifs is 1. The lowest BCUT2D eigenvalue weighted by Crippen LogP contribution is -2.24. The summed E-state index contributed by atoms with van der Waals surface area (Å²) in [6.07, 6.45) is 3.25. The van der Waals surface area contributed by atoms with Crippen LogP contribution in [0.5, 0.6) is 5.75 Å². The van der Waals surface area contributed by atoms with Crippen LogP contribution < -0.4 is 5.32 Å². The number of nitrogens with one attached hydrogen (secondary N) is 1. The zero-order chi connectivity index (χ0) is 24.4. The van der Waals surface area contributed by atoms with Crippen LogP contribution >= 0.6 is 11.6 Å². The molecule has 2 aromatic carbocycles. The normalized spacial score (nSPS) is 19.5. The number of carbonyl (C=O) groups is 1. The van der Waals surface area contributed by atoms with Crippen LogP contribution in [-0.4, -0.2) is 42.5 Å². The largest absolute Gasteiger partial charge is 0.504 e. The van der Waals surface area contributed by atoms with Crippen molar-refractivity contribution < 1.29 is 14.3 Å². The molecule has 1 fully saturated rings. The van der Waals surface area contributed by atoms with Gasteiger partial charge in [0.1, 0.15) is 5.57 Å². The van der Waals surface area contributed by atoms with Crippen LogP contribution in [0.2, 0.25) is 5.02 Å². The minimum atomic E-state index is -0.783. The lowest BCUT2D eigenvalue weighted by molar-refractivity contribution is -0.113. The Morgan fingerprint density at radius 3 is 2.79 bits per heavy atom. The van der Waals surface area contributed by atoms with E-state index in [0.29, 0.717) is 34.9 Å². The summed E-state index contributed by atoms with van der Waals surface area (Å²) in [6.45, 7) is 6.23. The number of phenols is 1. The third-order valence-corrected chi connectivity index (χ3v) is 7.09. The molecule has 0 aromatic heterocycles. The number of Topliss-reactive ketones (excluding diaryl/α,β-unsaturated/α-hetero) is 1. The number of aromatic hydroxyl groups is 1. The maximum atomic E-state index is 14.1. The highest BCUT2D eigenvalue weighted by Crippen LogP contribution is 2.39. The van der Waals surface area contributed by atoms with Gasteiger partial charge in [0.05, 0.1) is 23.0 Å². The topological polar surface area (TPSA) is 56.9 Å². The van der Waals surface area contributed by atoms with E-state index in [1.165, 1.54) is 12.1 Å². The number of nitrogens with zero attached hydrogens (tertiary/aromatic N) is 2. The number of halogens is 2. The molecule has 7 heteroatoms. The van der Waals surface area contributed by atoms with Gasteiger partial charge in [-0.1, -0.05) is 24.6 Å². The van der Waals surface area contributed by atoms with Crippen molar-refractivity contribution >= 4 is 28.8 Å². The van der Waals surface area contributed by atoms with Crippen molar-refractivity contribution in [3.8, 4) is 22.9 Å². The van der Waals surface area contributed by atoms with Crippen LogP contribution in [0.4, 0.5) is 10.1 Å². The fraction of sp³-hybridized carbons (Fsp3) is 0.407. The molecule has 2 atom stereocenters. The van der Waals surface area contributed by atoms with E-state index in [1.54, 1.807) is 6.92 Å². The van der Waals surface area contributed by atoms with E-state index in [2.05, 4.69) is 30.3 Å². The van der Waals surface area contributed by atoms with E-state index in [0.717, 1.165) is 43.6 Å². The molecule has 0 spiro atoms. The number of ketones is 1. The van der Waals surface area contributed by atoms with Gasteiger partial charge in [-0.15, -0.1) is 0 Å². The van der Waals surface area contributed by atoms with E-state index < -0.39 is 11.6 Å². The van der Waals surface area contributed by atoms with Gasteiger partial charge in [0.2, 0.25) is 0 Å². The Hall–Kier alpha value is -2.88. The monoisotopic (exact) mass is 482 g/mol. The summed E-state index contributed by atoms with van der Waals surface area (Å²) in [5.41, 5.74) is 4.08. The van der Waals surface area contributed by atoms with Crippen molar-refractivity contribution in [3.05, 3.63) is 57.2 Å². The summed E-state index contributed by atoms with van der Waals surface area (Å²) in [6, 6.07) is 11.7. The number of anilines is 1. The second kappa shape index (κ2) is 10.2. The van der Waals surface area contributed by atoms with Crippen LogP contribution in [0.1, 0.15) is 38.7 Å². The first kappa shape index (κ1) is 24.3. The fourth-order valence-electron chi connectivity index (χ4n) is 4.74. The van der Waals surface area contributed by atoms with Crippen LogP contribution in [0, 0.1) is 23.7 Å². The Bertz CT molecular complexity index is 1190. The smallest absolute Gasteiger partial charge is 0.357 e. The minimum Gasteiger partial charge on any atom is -0.504 e. The molecule has 0 radical (unpaired) electrons. The van der Waals surface area contributed by atoms with Crippen LogP contribution in [0.15, 0.2) is 35.9 Å². The Morgan fingerprint density at radius 2 is 2.09 bits per heavy atom. The molecule has 2 aromatic rings. The number of rotatable bonds is 5. The van der Waals surface area contributed by atoms with Gasteiger partial charge in [-0.05, 0) is 85.9 Å². The second-order valence-corrected chi connectivity index (χ2v) is 9.66. The maximum absolute atomic E-state index is 14.1. The van der Waals surface area contributed by atoms with Crippen molar-refractivity contribution in [1.82, 2.24) is 4.90 Å². The molecule has 1 saturated carbocycles. The van der Waals surface area contributed by atoms with Crippen molar-refractivity contribution in [1.29, 1.82) is 0 Å². The second-order valence-electron chi connectivity index (χ2n) is 9.26. The summed E-state index contributed by atoms with van der Waals surface area (Å²) in [4.78, 5) is 19.5. The zero-order valence-electron chi connectivity index (χ0n) is 19.8. The van der Waals surface area contributed by atoms with Gasteiger partial charge in [0, 0.05) is 12.2 Å². The fourth-order valence-corrected chi connectivity index (χ4v) is 4.95. The molecule has 2 N–H and O–H groups in total. The number of benzene rings is 2. The highest BCUT2D eigenvalue weighted by Gasteiger charge is 2.32. The first-order chi connectivity index (χ1) is 16.3. The molecule has 34 heavy (non-hydrogen) atoms. The third kappa shape index (κ3) is 5.11. The Kier molecular flexibility index (Phi) is 7.25. The van der Waals surface area contributed by atoms with Crippen LogP contribution in [0.3, 0.4) is 0 Å². The molecule has 2 unspecified atom stereocenters. The van der Waals surface area contributed by atoms with Crippen molar-refractivity contribution in [2.45, 2.75) is 33.1 Å². The highest BCUT2D eigenvalue weighted by molar-refractivity contribution is 6.32. The predicted molar refractivity (Wildman–Crippen MR) is 136 cm³/mol.